The summed E-state index contributed by atoms with van der Waals surface area (Å²) in [7, 11) is 0. The molecule has 2 nitrogen and oxygen atoms in total. The van der Waals surface area contributed by atoms with Gasteiger partial charge in [-0.2, -0.15) is 0 Å². The van der Waals surface area contributed by atoms with Crippen molar-refractivity contribution in [2.75, 3.05) is 6.54 Å². The fraction of sp³-hybridized carbons (Fsp3) is 0.929. The first kappa shape index (κ1) is 11.9. The zero-order valence-electron chi connectivity index (χ0n) is 11.2. The maximum absolute atomic E-state index is 12.1. The van der Waals surface area contributed by atoms with Crippen LogP contribution in [0.3, 0.4) is 0 Å². The molecule has 16 heavy (non-hydrogen) atoms. The zero-order chi connectivity index (χ0) is 12.0. The normalized spacial score (nSPS) is 37.0. The minimum absolute atomic E-state index is 0.0344. The lowest BCUT2D eigenvalue weighted by Crippen LogP contribution is -2.48. The SMILES string of the molecule is CC(C)(C)CCNC(=O)C12CCC(C)(C1)C2. The molecule has 0 spiro atoms. The molecule has 3 saturated carbocycles. The molecule has 0 aromatic carbocycles. The van der Waals surface area contributed by atoms with Crippen LogP contribution >= 0.6 is 0 Å². The Morgan fingerprint density at radius 1 is 1.25 bits per heavy atom. The molecule has 0 heterocycles. The van der Waals surface area contributed by atoms with Crippen LogP contribution in [0.5, 0.6) is 0 Å². The Balaban J connectivity index is 1.78. The highest BCUT2D eigenvalue weighted by Crippen LogP contribution is 2.66. The van der Waals surface area contributed by atoms with Gasteiger partial charge in [-0.15, -0.1) is 0 Å². The second-order valence-electron chi connectivity index (χ2n) is 7.51. The van der Waals surface area contributed by atoms with Crippen molar-refractivity contribution >= 4 is 5.91 Å². The van der Waals surface area contributed by atoms with Gasteiger partial charge in [0.1, 0.15) is 0 Å². The smallest absolute Gasteiger partial charge is 0.226 e. The number of carbonyl (C=O) groups is 1. The van der Waals surface area contributed by atoms with Gasteiger partial charge in [0.2, 0.25) is 5.91 Å². The van der Waals surface area contributed by atoms with Crippen molar-refractivity contribution in [1.82, 2.24) is 5.32 Å². The Kier molecular flexibility index (Phi) is 2.60. The number of rotatable bonds is 3. The van der Waals surface area contributed by atoms with E-state index in [1.54, 1.807) is 0 Å². The molecule has 3 fully saturated rings. The lowest BCUT2D eigenvalue weighted by Gasteiger charge is -2.44. The number of nitrogens with one attached hydrogen (secondary N) is 1. The van der Waals surface area contributed by atoms with Gasteiger partial charge in [-0.1, -0.05) is 27.7 Å². The van der Waals surface area contributed by atoms with E-state index in [4.69, 9.17) is 0 Å². The Bertz CT molecular complexity index is 294. The molecule has 0 atom stereocenters. The van der Waals surface area contributed by atoms with Crippen molar-refractivity contribution in [2.45, 2.75) is 59.8 Å². The Hall–Kier alpha value is -0.530. The van der Waals surface area contributed by atoms with Gasteiger partial charge >= 0.3 is 0 Å². The fourth-order valence-electron chi connectivity index (χ4n) is 3.49. The molecule has 1 N–H and O–H groups in total. The molecular weight excluding hydrogens is 198 g/mol. The lowest BCUT2D eigenvalue weighted by molar-refractivity contribution is -0.137. The third kappa shape index (κ3) is 2.11. The molecule has 0 aromatic rings. The fourth-order valence-corrected chi connectivity index (χ4v) is 3.49. The third-order valence-electron chi connectivity index (χ3n) is 4.38. The van der Waals surface area contributed by atoms with Crippen LogP contribution in [-0.2, 0) is 4.79 Å². The molecule has 3 aliphatic carbocycles. The minimum Gasteiger partial charge on any atom is -0.356 e. The first-order valence-electron chi connectivity index (χ1n) is 6.53. The number of hydrogen-bond acceptors (Lipinski definition) is 1. The molecule has 92 valence electrons. The summed E-state index contributed by atoms with van der Waals surface area (Å²) in [5, 5.41) is 3.14. The number of amides is 1. The lowest BCUT2D eigenvalue weighted by atomic mass is 9.61. The Morgan fingerprint density at radius 2 is 1.88 bits per heavy atom. The number of hydrogen-bond donors (Lipinski definition) is 1. The summed E-state index contributed by atoms with van der Waals surface area (Å²) in [5.74, 6) is 0.326. The van der Waals surface area contributed by atoms with E-state index in [1.807, 2.05) is 0 Å². The van der Waals surface area contributed by atoms with Gasteiger partial charge in [0.25, 0.3) is 0 Å². The minimum atomic E-state index is 0.0344. The highest BCUT2D eigenvalue weighted by atomic mass is 16.2. The van der Waals surface area contributed by atoms with Crippen molar-refractivity contribution in [2.24, 2.45) is 16.2 Å². The van der Waals surface area contributed by atoms with Crippen LogP contribution in [0.25, 0.3) is 0 Å². The van der Waals surface area contributed by atoms with Crippen LogP contribution in [0.4, 0.5) is 0 Å². The van der Waals surface area contributed by atoms with Gasteiger partial charge in [-0.05, 0) is 42.9 Å². The van der Waals surface area contributed by atoms with Crippen molar-refractivity contribution in [3.63, 3.8) is 0 Å². The second-order valence-corrected chi connectivity index (χ2v) is 7.51. The Morgan fingerprint density at radius 3 is 2.31 bits per heavy atom. The van der Waals surface area contributed by atoms with Gasteiger partial charge in [-0.25, -0.2) is 0 Å². The summed E-state index contributed by atoms with van der Waals surface area (Å²) in [5.41, 5.74) is 0.850. The van der Waals surface area contributed by atoms with Crippen LogP contribution in [-0.4, -0.2) is 12.5 Å². The van der Waals surface area contributed by atoms with Crippen LogP contribution in [0.15, 0.2) is 0 Å². The van der Waals surface area contributed by atoms with E-state index >= 15 is 0 Å². The third-order valence-corrected chi connectivity index (χ3v) is 4.38. The van der Waals surface area contributed by atoms with Gasteiger partial charge in [-0.3, -0.25) is 4.79 Å². The maximum atomic E-state index is 12.1. The van der Waals surface area contributed by atoms with E-state index in [1.165, 1.54) is 6.42 Å². The highest BCUT2D eigenvalue weighted by molar-refractivity contribution is 5.84. The predicted molar refractivity (Wildman–Crippen MR) is 66.1 cm³/mol. The molecule has 0 radical (unpaired) electrons. The summed E-state index contributed by atoms with van der Waals surface area (Å²) in [6, 6.07) is 0. The van der Waals surface area contributed by atoms with Gasteiger partial charge in [0.15, 0.2) is 0 Å². The molecule has 2 bridgehead atoms. The quantitative estimate of drug-likeness (QED) is 0.782. The number of fused-ring (bicyclic) bond motifs is 1. The standard InChI is InChI=1S/C14H25NO/c1-12(2,3)7-8-15-11(16)14-6-5-13(4,9-14)10-14/h5-10H2,1-4H3,(H,15,16). The van der Waals surface area contributed by atoms with E-state index < -0.39 is 0 Å². The van der Waals surface area contributed by atoms with Crippen LogP contribution in [0.1, 0.15) is 59.8 Å². The van der Waals surface area contributed by atoms with E-state index in [-0.39, 0.29) is 5.41 Å². The molecule has 0 unspecified atom stereocenters. The van der Waals surface area contributed by atoms with E-state index in [0.29, 0.717) is 16.7 Å². The largest absolute Gasteiger partial charge is 0.356 e. The summed E-state index contributed by atoms with van der Waals surface area (Å²) in [6.07, 6.45) is 5.68. The molecule has 0 aliphatic heterocycles. The van der Waals surface area contributed by atoms with Crippen molar-refractivity contribution in [3.05, 3.63) is 0 Å². The zero-order valence-corrected chi connectivity index (χ0v) is 11.2. The summed E-state index contributed by atoms with van der Waals surface area (Å²) >= 11 is 0. The average Bonchev–Trinajstić information content (AvgIpc) is 2.56. The molecule has 3 aliphatic rings. The van der Waals surface area contributed by atoms with Crippen LogP contribution < -0.4 is 5.32 Å². The van der Waals surface area contributed by atoms with Crippen molar-refractivity contribution in [3.8, 4) is 0 Å². The average molecular weight is 223 g/mol. The number of carbonyl (C=O) groups excluding carboxylic acids is 1. The topological polar surface area (TPSA) is 29.1 Å². The van der Waals surface area contributed by atoms with Crippen LogP contribution in [0.2, 0.25) is 0 Å². The Labute approximate surface area is 99.2 Å². The molecule has 0 aromatic heterocycles. The van der Waals surface area contributed by atoms with E-state index in [0.717, 1.165) is 32.2 Å². The molecule has 2 heteroatoms. The molecular formula is C14H25NO. The van der Waals surface area contributed by atoms with E-state index in [9.17, 15) is 4.79 Å². The van der Waals surface area contributed by atoms with Crippen LogP contribution in [0, 0.1) is 16.2 Å². The molecule has 0 saturated heterocycles. The first-order valence-corrected chi connectivity index (χ1v) is 6.53. The van der Waals surface area contributed by atoms with Gasteiger partial charge in [0.05, 0.1) is 5.41 Å². The first-order chi connectivity index (χ1) is 7.25. The summed E-state index contributed by atoms with van der Waals surface area (Å²) in [6.45, 7) is 9.80. The monoisotopic (exact) mass is 223 g/mol. The predicted octanol–water partition coefficient (Wildman–Crippen LogP) is 3.12. The van der Waals surface area contributed by atoms with Crippen molar-refractivity contribution < 1.29 is 4.79 Å². The summed E-state index contributed by atoms with van der Waals surface area (Å²) in [4.78, 5) is 12.1. The maximum Gasteiger partial charge on any atom is 0.226 e. The van der Waals surface area contributed by atoms with E-state index in [2.05, 4.69) is 33.0 Å². The second kappa shape index (κ2) is 3.48. The van der Waals surface area contributed by atoms with Crippen molar-refractivity contribution in [1.29, 1.82) is 0 Å². The van der Waals surface area contributed by atoms with Gasteiger partial charge < -0.3 is 5.32 Å². The summed E-state index contributed by atoms with van der Waals surface area (Å²) < 4.78 is 0. The van der Waals surface area contributed by atoms with Gasteiger partial charge in [0, 0.05) is 6.54 Å². The molecule has 1 amide bonds. The molecule has 3 rings (SSSR count). The highest BCUT2D eigenvalue weighted by Gasteiger charge is 2.61.